The van der Waals surface area contributed by atoms with Gasteiger partial charge in [0.25, 0.3) is 5.56 Å². The van der Waals surface area contributed by atoms with E-state index in [1.165, 1.54) is 12.8 Å². The predicted octanol–water partition coefficient (Wildman–Crippen LogP) is 2.57. The summed E-state index contributed by atoms with van der Waals surface area (Å²) in [5.41, 5.74) is 2.89. The molecule has 0 radical (unpaired) electrons. The van der Waals surface area contributed by atoms with Gasteiger partial charge in [-0.15, -0.1) is 11.3 Å². The Balaban J connectivity index is 2.25. The van der Waals surface area contributed by atoms with Gasteiger partial charge in [-0.05, 0) is 18.9 Å². The maximum atomic E-state index is 11.9. The first-order valence-electron chi connectivity index (χ1n) is 5.31. The molecule has 0 N–H and O–H groups in total. The summed E-state index contributed by atoms with van der Waals surface area (Å²) in [6, 6.07) is 3.86. The Morgan fingerprint density at radius 2 is 2.13 bits per heavy atom. The largest absolute Gasteiger partial charge is 0.295 e. The summed E-state index contributed by atoms with van der Waals surface area (Å²) in [5, 5.41) is 0. The summed E-state index contributed by atoms with van der Waals surface area (Å²) in [4.78, 5) is 17.1. The second-order valence-corrected chi connectivity index (χ2v) is 4.86. The van der Waals surface area contributed by atoms with E-state index < -0.39 is 0 Å². The highest BCUT2D eigenvalue weighted by Crippen LogP contribution is 2.31. The van der Waals surface area contributed by atoms with Crippen LogP contribution in [0, 0.1) is 0 Å². The van der Waals surface area contributed by atoms with Gasteiger partial charge in [-0.1, -0.05) is 12.8 Å². The van der Waals surface area contributed by atoms with Gasteiger partial charge in [0.1, 0.15) is 4.83 Å². The first-order chi connectivity index (χ1) is 7.36. The number of pyridine rings is 1. The Bertz CT molecular complexity index is 537. The normalized spacial score (nSPS) is 17.6. The zero-order chi connectivity index (χ0) is 10.3. The fraction of sp³-hybridized carbons (Fsp3) is 0.455. The molecule has 4 heteroatoms. The van der Waals surface area contributed by atoms with E-state index in [4.69, 9.17) is 0 Å². The van der Waals surface area contributed by atoms with Crippen LogP contribution in [0.4, 0.5) is 0 Å². The van der Waals surface area contributed by atoms with Gasteiger partial charge in [-0.3, -0.25) is 9.36 Å². The van der Waals surface area contributed by atoms with Crippen LogP contribution in [0.5, 0.6) is 0 Å². The van der Waals surface area contributed by atoms with Crippen molar-refractivity contribution < 1.29 is 0 Å². The lowest BCUT2D eigenvalue weighted by atomic mass is 10.2. The van der Waals surface area contributed by atoms with Gasteiger partial charge in [0.05, 0.1) is 11.0 Å². The van der Waals surface area contributed by atoms with E-state index >= 15 is 0 Å². The Kier molecular flexibility index (Phi) is 2.09. The molecule has 2 heterocycles. The molecule has 0 unspecified atom stereocenters. The molecule has 2 aromatic rings. The summed E-state index contributed by atoms with van der Waals surface area (Å²) in [7, 11) is 0. The molecule has 2 aromatic heterocycles. The van der Waals surface area contributed by atoms with Crippen LogP contribution < -0.4 is 5.56 Å². The van der Waals surface area contributed by atoms with E-state index in [2.05, 4.69) is 4.98 Å². The number of fused-ring (bicyclic) bond motifs is 1. The van der Waals surface area contributed by atoms with Crippen molar-refractivity contribution in [1.29, 1.82) is 0 Å². The zero-order valence-corrected chi connectivity index (χ0v) is 9.17. The minimum Gasteiger partial charge on any atom is -0.295 e. The van der Waals surface area contributed by atoms with Crippen molar-refractivity contribution in [3.05, 3.63) is 28.0 Å². The molecule has 78 valence electrons. The standard InChI is InChI=1S/C11H12N2OS/c14-10-6-5-9-11(15-7-12-9)13(10)8-3-1-2-4-8/h5-8H,1-4H2. The van der Waals surface area contributed by atoms with Gasteiger partial charge in [0.2, 0.25) is 0 Å². The quantitative estimate of drug-likeness (QED) is 0.740. The fourth-order valence-electron chi connectivity index (χ4n) is 2.38. The zero-order valence-electron chi connectivity index (χ0n) is 8.35. The molecular weight excluding hydrogens is 208 g/mol. The Morgan fingerprint density at radius 1 is 1.33 bits per heavy atom. The third-order valence-electron chi connectivity index (χ3n) is 3.11. The summed E-state index contributed by atoms with van der Waals surface area (Å²) in [6.07, 6.45) is 4.76. The van der Waals surface area contributed by atoms with E-state index in [0.717, 1.165) is 23.2 Å². The first kappa shape index (κ1) is 9.09. The van der Waals surface area contributed by atoms with Crippen LogP contribution in [-0.2, 0) is 0 Å². The van der Waals surface area contributed by atoms with Crippen molar-refractivity contribution >= 4 is 21.7 Å². The van der Waals surface area contributed by atoms with Gasteiger partial charge in [-0.25, -0.2) is 4.98 Å². The van der Waals surface area contributed by atoms with Crippen molar-refractivity contribution in [2.24, 2.45) is 0 Å². The highest BCUT2D eigenvalue weighted by Gasteiger charge is 2.20. The number of rotatable bonds is 1. The molecule has 0 amide bonds. The third-order valence-corrected chi connectivity index (χ3v) is 3.95. The summed E-state index contributed by atoms with van der Waals surface area (Å²) >= 11 is 1.57. The third kappa shape index (κ3) is 1.40. The molecule has 1 saturated carbocycles. The topological polar surface area (TPSA) is 34.9 Å². The Morgan fingerprint density at radius 3 is 2.93 bits per heavy atom. The maximum absolute atomic E-state index is 11.9. The summed E-state index contributed by atoms with van der Waals surface area (Å²) in [5.74, 6) is 0. The highest BCUT2D eigenvalue weighted by molar-refractivity contribution is 7.16. The van der Waals surface area contributed by atoms with Gasteiger partial charge >= 0.3 is 0 Å². The smallest absolute Gasteiger partial charge is 0.251 e. The van der Waals surface area contributed by atoms with E-state index in [9.17, 15) is 4.79 Å². The molecule has 1 fully saturated rings. The second kappa shape index (κ2) is 3.45. The number of thiazole rings is 1. The average molecular weight is 220 g/mol. The molecule has 1 aliphatic rings. The monoisotopic (exact) mass is 220 g/mol. The number of hydrogen-bond acceptors (Lipinski definition) is 3. The SMILES string of the molecule is O=c1ccc2ncsc2n1C1CCCC1. The van der Waals surface area contributed by atoms with Crippen molar-refractivity contribution in [3.63, 3.8) is 0 Å². The number of aromatic nitrogens is 2. The fourth-order valence-corrected chi connectivity index (χ4v) is 3.24. The minimum atomic E-state index is 0.124. The molecule has 15 heavy (non-hydrogen) atoms. The lowest BCUT2D eigenvalue weighted by molar-refractivity contribution is 0.522. The lowest BCUT2D eigenvalue weighted by Gasteiger charge is -2.13. The molecule has 0 aliphatic heterocycles. The van der Waals surface area contributed by atoms with Crippen LogP contribution in [0.25, 0.3) is 10.3 Å². The summed E-state index contributed by atoms with van der Waals surface area (Å²) < 4.78 is 1.94. The molecule has 0 saturated heterocycles. The molecule has 0 spiro atoms. The molecule has 1 aliphatic carbocycles. The molecule has 3 rings (SSSR count). The average Bonchev–Trinajstić information content (AvgIpc) is 2.85. The first-order valence-corrected chi connectivity index (χ1v) is 6.19. The van der Waals surface area contributed by atoms with Gasteiger partial charge in [0, 0.05) is 12.1 Å². The van der Waals surface area contributed by atoms with Crippen molar-refractivity contribution in [3.8, 4) is 0 Å². The van der Waals surface area contributed by atoms with Crippen LogP contribution in [-0.4, -0.2) is 9.55 Å². The van der Waals surface area contributed by atoms with Crippen molar-refractivity contribution in [2.75, 3.05) is 0 Å². The van der Waals surface area contributed by atoms with Crippen LogP contribution in [0.15, 0.2) is 22.4 Å². The van der Waals surface area contributed by atoms with E-state index in [1.54, 1.807) is 17.4 Å². The number of hydrogen-bond donors (Lipinski definition) is 0. The van der Waals surface area contributed by atoms with E-state index in [-0.39, 0.29) is 5.56 Å². The van der Waals surface area contributed by atoms with Crippen LogP contribution in [0.3, 0.4) is 0 Å². The van der Waals surface area contributed by atoms with Crippen LogP contribution in [0.2, 0.25) is 0 Å². The second-order valence-electron chi connectivity index (χ2n) is 4.02. The minimum absolute atomic E-state index is 0.124. The van der Waals surface area contributed by atoms with E-state index in [0.29, 0.717) is 6.04 Å². The van der Waals surface area contributed by atoms with E-state index in [1.807, 2.05) is 16.1 Å². The van der Waals surface area contributed by atoms with Gasteiger partial charge in [0.15, 0.2) is 0 Å². The van der Waals surface area contributed by atoms with Crippen molar-refractivity contribution in [2.45, 2.75) is 31.7 Å². The van der Waals surface area contributed by atoms with Gasteiger partial charge in [-0.2, -0.15) is 0 Å². The molecule has 0 aromatic carbocycles. The van der Waals surface area contributed by atoms with Gasteiger partial charge < -0.3 is 0 Å². The lowest BCUT2D eigenvalue weighted by Crippen LogP contribution is -2.22. The maximum Gasteiger partial charge on any atom is 0.251 e. The number of nitrogens with zero attached hydrogens (tertiary/aromatic N) is 2. The van der Waals surface area contributed by atoms with Crippen LogP contribution >= 0.6 is 11.3 Å². The Labute approximate surface area is 91.4 Å². The highest BCUT2D eigenvalue weighted by atomic mass is 32.1. The van der Waals surface area contributed by atoms with Crippen molar-refractivity contribution in [1.82, 2.24) is 9.55 Å². The molecule has 0 atom stereocenters. The van der Waals surface area contributed by atoms with Crippen LogP contribution in [0.1, 0.15) is 31.7 Å². The Hall–Kier alpha value is -1.16. The molecular formula is C11H12N2OS. The molecule has 0 bridgehead atoms. The molecule has 3 nitrogen and oxygen atoms in total. The predicted molar refractivity (Wildman–Crippen MR) is 61.4 cm³/mol. The summed E-state index contributed by atoms with van der Waals surface area (Å²) in [6.45, 7) is 0.